The largest absolute Gasteiger partial charge is 0.472 e. The van der Waals surface area contributed by atoms with E-state index in [1.54, 1.807) is 48.5 Å². The van der Waals surface area contributed by atoms with Crippen LogP contribution in [-0.2, 0) is 14.3 Å². The number of alkyl carbamates (subject to hydrolysis) is 1. The van der Waals surface area contributed by atoms with Crippen LogP contribution in [0.25, 0.3) is 0 Å². The molecule has 0 aliphatic rings. The van der Waals surface area contributed by atoms with Gasteiger partial charge in [0.15, 0.2) is 0 Å². The molecule has 0 saturated heterocycles. The van der Waals surface area contributed by atoms with Gasteiger partial charge in [0.1, 0.15) is 11.2 Å². The van der Waals surface area contributed by atoms with Crippen LogP contribution in [0, 0.1) is 0 Å². The molecule has 9 nitrogen and oxygen atoms in total. The second-order valence-electron chi connectivity index (χ2n) is 8.66. The van der Waals surface area contributed by atoms with Gasteiger partial charge in [-0.15, -0.1) is 0 Å². The average Bonchev–Trinajstić information content (AvgIpc) is 2.51. The van der Waals surface area contributed by atoms with Crippen LogP contribution in [-0.4, -0.2) is 59.1 Å². The van der Waals surface area contributed by atoms with E-state index in [9.17, 15) is 27.6 Å². The molecular formula is C18H33F3N4O5. The molecule has 0 aromatic rings. The average molecular weight is 442 g/mol. The smallest absolute Gasteiger partial charge is 0.444 e. The summed E-state index contributed by atoms with van der Waals surface area (Å²) in [7, 11) is 0. The summed E-state index contributed by atoms with van der Waals surface area (Å²) < 4.78 is 47.7. The van der Waals surface area contributed by atoms with Gasteiger partial charge < -0.3 is 14.8 Å². The number of ether oxygens (including phenoxy) is 2. The highest BCUT2D eigenvalue weighted by atomic mass is 19.4. The number of carbonyl (C=O) groups is 3. The fourth-order valence-electron chi connectivity index (χ4n) is 2.02. The van der Waals surface area contributed by atoms with Gasteiger partial charge in [0, 0.05) is 12.6 Å². The lowest BCUT2D eigenvalue weighted by atomic mass is 10.2. The maximum atomic E-state index is 12.6. The molecule has 0 aromatic carbocycles. The zero-order chi connectivity index (χ0) is 23.9. The molecule has 0 spiro atoms. The molecule has 30 heavy (non-hydrogen) atoms. The number of hydrogen-bond acceptors (Lipinski definition) is 6. The molecule has 0 bridgehead atoms. The second-order valence-corrected chi connectivity index (χ2v) is 8.66. The van der Waals surface area contributed by atoms with Crippen LogP contribution in [0.3, 0.4) is 0 Å². The third-order valence-electron chi connectivity index (χ3n) is 3.38. The van der Waals surface area contributed by atoms with Crippen molar-refractivity contribution in [2.24, 2.45) is 0 Å². The molecule has 0 rings (SSSR count). The first-order valence-corrected chi connectivity index (χ1v) is 9.47. The van der Waals surface area contributed by atoms with Gasteiger partial charge >= 0.3 is 24.3 Å². The number of rotatable bonds is 7. The Morgan fingerprint density at radius 1 is 0.967 bits per heavy atom. The molecule has 0 heterocycles. The predicted molar refractivity (Wildman–Crippen MR) is 103 cm³/mol. The summed E-state index contributed by atoms with van der Waals surface area (Å²) >= 11 is 0. The number of hydrazine groups is 1. The predicted octanol–water partition coefficient (Wildman–Crippen LogP) is 3.06. The molecular weight excluding hydrogens is 409 g/mol. The topological polar surface area (TPSA) is 109 Å². The maximum Gasteiger partial charge on any atom is 0.472 e. The Labute approximate surface area is 175 Å². The number of halogens is 3. The minimum atomic E-state index is -5.09. The van der Waals surface area contributed by atoms with Crippen molar-refractivity contribution >= 4 is 18.1 Å². The van der Waals surface area contributed by atoms with Crippen LogP contribution in [0.5, 0.6) is 0 Å². The van der Waals surface area contributed by atoms with Crippen molar-refractivity contribution in [3.63, 3.8) is 0 Å². The molecule has 12 heteroatoms. The van der Waals surface area contributed by atoms with E-state index in [0.29, 0.717) is 6.42 Å². The third-order valence-corrected chi connectivity index (χ3v) is 3.38. The van der Waals surface area contributed by atoms with Gasteiger partial charge in [-0.25, -0.2) is 15.0 Å². The van der Waals surface area contributed by atoms with Crippen LogP contribution in [0.2, 0.25) is 0 Å². The van der Waals surface area contributed by atoms with E-state index >= 15 is 0 Å². The van der Waals surface area contributed by atoms with E-state index in [1.807, 2.05) is 0 Å². The Balaban J connectivity index is 5.33. The van der Waals surface area contributed by atoms with E-state index in [0.717, 1.165) is 4.90 Å². The lowest BCUT2D eigenvalue weighted by molar-refractivity contribution is -0.175. The van der Waals surface area contributed by atoms with Gasteiger partial charge in [0.05, 0.1) is 6.17 Å². The monoisotopic (exact) mass is 442 g/mol. The van der Waals surface area contributed by atoms with Crippen molar-refractivity contribution in [3.8, 4) is 0 Å². The summed E-state index contributed by atoms with van der Waals surface area (Å²) in [6.45, 7) is 13.0. The number of amides is 3. The van der Waals surface area contributed by atoms with Crippen molar-refractivity contribution in [3.05, 3.63) is 0 Å². The number of nitrogens with one attached hydrogen (secondary N) is 3. The Bertz CT molecular complexity index is 600. The Hall–Kier alpha value is -2.24. The molecule has 3 amide bonds. The highest BCUT2D eigenvalue weighted by Crippen LogP contribution is 2.15. The first-order chi connectivity index (χ1) is 13.4. The van der Waals surface area contributed by atoms with E-state index < -0.39 is 47.7 Å². The van der Waals surface area contributed by atoms with Crippen LogP contribution in [0.1, 0.15) is 61.8 Å². The number of carbonyl (C=O) groups excluding carboxylic acids is 3. The molecule has 176 valence electrons. The summed E-state index contributed by atoms with van der Waals surface area (Å²) in [5.74, 6) is -2.21. The molecule has 0 aliphatic carbocycles. The van der Waals surface area contributed by atoms with Crippen molar-refractivity contribution in [1.29, 1.82) is 0 Å². The molecule has 3 N–H and O–H groups in total. The quantitative estimate of drug-likeness (QED) is 0.413. The lowest BCUT2D eigenvalue weighted by Gasteiger charge is -2.34. The number of alkyl halides is 3. The zero-order valence-electron chi connectivity index (χ0n) is 18.7. The first-order valence-electron chi connectivity index (χ1n) is 9.47. The normalized spacial score (nSPS) is 14.4. The van der Waals surface area contributed by atoms with Crippen LogP contribution in [0.4, 0.5) is 22.8 Å². The van der Waals surface area contributed by atoms with E-state index in [-0.39, 0.29) is 6.54 Å². The van der Waals surface area contributed by atoms with Crippen LogP contribution < -0.4 is 16.2 Å². The summed E-state index contributed by atoms with van der Waals surface area (Å²) in [6.07, 6.45) is -7.33. The molecule has 0 radical (unpaired) electrons. The minimum Gasteiger partial charge on any atom is -0.444 e. The van der Waals surface area contributed by atoms with Crippen LogP contribution in [0.15, 0.2) is 0 Å². The summed E-state index contributed by atoms with van der Waals surface area (Å²) in [6, 6.07) is -0.588. The third kappa shape index (κ3) is 11.7. The van der Waals surface area contributed by atoms with E-state index in [2.05, 4.69) is 10.7 Å². The van der Waals surface area contributed by atoms with E-state index in [4.69, 9.17) is 9.47 Å². The Kier molecular flexibility index (Phi) is 9.89. The molecule has 2 atom stereocenters. The fraction of sp³-hybridized carbons (Fsp3) is 0.833. The SMILES string of the molecule is CCC(CN(C(=O)OC(C)(C)C)C(C)NNC(=O)C(F)(F)F)NC(=O)OC(C)(C)C. The number of hydrogen-bond donors (Lipinski definition) is 3. The highest BCUT2D eigenvalue weighted by molar-refractivity contribution is 5.81. The summed E-state index contributed by atoms with van der Waals surface area (Å²) in [4.78, 5) is 36.7. The van der Waals surface area contributed by atoms with Crippen molar-refractivity contribution in [1.82, 2.24) is 21.1 Å². The molecule has 0 aliphatic heterocycles. The Morgan fingerprint density at radius 3 is 1.87 bits per heavy atom. The van der Waals surface area contributed by atoms with Crippen molar-refractivity contribution in [2.75, 3.05) is 6.54 Å². The maximum absolute atomic E-state index is 12.6. The standard InChI is InChI=1S/C18H33F3N4O5/c1-9-12(22-14(27)29-16(3,4)5)10-25(15(28)30-17(6,7)8)11(2)23-24-13(26)18(19,20)21/h11-12,23H,9-10H2,1-8H3,(H,22,27)(H,24,26). The first kappa shape index (κ1) is 27.8. The van der Waals surface area contributed by atoms with Crippen molar-refractivity contribution in [2.45, 2.75) is 91.4 Å². The van der Waals surface area contributed by atoms with Crippen molar-refractivity contribution < 1.29 is 37.0 Å². The van der Waals surface area contributed by atoms with E-state index in [1.165, 1.54) is 12.3 Å². The molecule has 2 unspecified atom stereocenters. The van der Waals surface area contributed by atoms with Gasteiger partial charge in [-0.1, -0.05) is 6.92 Å². The molecule has 0 saturated carbocycles. The fourth-order valence-corrected chi connectivity index (χ4v) is 2.02. The van der Waals surface area contributed by atoms with Gasteiger partial charge in [-0.2, -0.15) is 13.2 Å². The summed E-state index contributed by atoms with van der Waals surface area (Å²) in [5.41, 5.74) is 2.04. The van der Waals surface area contributed by atoms with Gasteiger partial charge in [0.2, 0.25) is 0 Å². The second kappa shape index (κ2) is 10.7. The van der Waals surface area contributed by atoms with Gasteiger partial charge in [-0.3, -0.25) is 15.1 Å². The zero-order valence-corrected chi connectivity index (χ0v) is 18.7. The molecule has 0 fully saturated rings. The van der Waals surface area contributed by atoms with Crippen LogP contribution >= 0.6 is 0 Å². The van der Waals surface area contributed by atoms with Gasteiger partial charge in [-0.05, 0) is 54.9 Å². The minimum absolute atomic E-state index is 0.110. The van der Waals surface area contributed by atoms with Gasteiger partial charge in [0.25, 0.3) is 0 Å². The molecule has 0 aromatic heterocycles. The summed E-state index contributed by atoms with van der Waals surface area (Å²) in [5, 5.41) is 2.61. The lowest BCUT2D eigenvalue weighted by Crippen LogP contribution is -2.59. The highest BCUT2D eigenvalue weighted by Gasteiger charge is 2.39. The number of nitrogens with zero attached hydrogens (tertiary/aromatic N) is 1. The Morgan fingerprint density at radius 2 is 1.47 bits per heavy atom.